The summed E-state index contributed by atoms with van der Waals surface area (Å²) in [4.78, 5) is 20.9. The number of aryl methyl sites for hydroxylation is 1. The largest absolute Gasteiger partial charge is 0.379 e. The molecule has 1 N–H and O–H groups in total. The van der Waals surface area contributed by atoms with Crippen LogP contribution in [0.4, 0.5) is 0 Å². The lowest BCUT2D eigenvalue weighted by molar-refractivity contribution is 0.0938. The molecule has 1 saturated heterocycles. The van der Waals surface area contributed by atoms with Gasteiger partial charge in [-0.25, -0.2) is 0 Å². The molecule has 23 heavy (non-hydrogen) atoms. The summed E-state index contributed by atoms with van der Waals surface area (Å²) in [5, 5.41) is 3.00. The molecule has 3 rings (SSSR count). The Bertz CT molecular complexity index is 690. The molecular weight excluding hydrogens is 292 g/mol. The van der Waals surface area contributed by atoms with Crippen LogP contribution in [-0.2, 0) is 4.74 Å². The molecule has 0 radical (unpaired) electrons. The van der Waals surface area contributed by atoms with Gasteiger partial charge in [-0.2, -0.15) is 0 Å². The highest BCUT2D eigenvalue weighted by Crippen LogP contribution is 2.26. The number of hydrogen-bond acceptors (Lipinski definition) is 4. The van der Waals surface area contributed by atoms with Crippen LogP contribution in [0.25, 0.3) is 0 Å². The van der Waals surface area contributed by atoms with Crippen molar-refractivity contribution in [2.24, 2.45) is 0 Å². The highest BCUT2D eigenvalue weighted by atomic mass is 16.5. The molecule has 6 nitrogen and oxygen atoms in total. The molecule has 3 heterocycles. The number of carbonyl (C=O) groups is 1. The van der Waals surface area contributed by atoms with Gasteiger partial charge in [0.1, 0.15) is 0 Å². The van der Waals surface area contributed by atoms with Gasteiger partial charge in [0.2, 0.25) is 0 Å². The maximum Gasteiger partial charge on any atom is 0.253 e. The van der Waals surface area contributed by atoms with Gasteiger partial charge >= 0.3 is 0 Å². The van der Waals surface area contributed by atoms with E-state index in [1.807, 2.05) is 26.8 Å². The third-order valence-corrected chi connectivity index (χ3v) is 4.37. The molecule has 1 aliphatic heterocycles. The summed E-state index contributed by atoms with van der Waals surface area (Å²) >= 11 is 0. The monoisotopic (exact) mass is 314 g/mol. The number of nitrogens with zero attached hydrogens (tertiary/aromatic N) is 3. The van der Waals surface area contributed by atoms with Crippen LogP contribution in [0.5, 0.6) is 0 Å². The van der Waals surface area contributed by atoms with Gasteiger partial charge in [0, 0.05) is 30.4 Å². The Morgan fingerprint density at radius 1 is 1.43 bits per heavy atom. The average molecular weight is 314 g/mol. The van der Waals surface area contributed by atoms with Crippen molar-refractivity contribution in [2.45, 2.75) is 39.3 Å². The zero-order valence-electron chi connectivity index (χ0n) is 13.7. The topological polar surface area (TPSA) is 69.0 Å². The summed E-state index contributed by atoms with van der Waals surface area (Å²) in [7, 11) is 0. The van der Waals surface area contributed by atoms with Crippen LogP contribution in [0, 0.1) is 13.8 Å². The first-order valence-electron chi connectivity index (χ1n) is 7.91. The number of carbonyl (C=O) groups excluding carboxylic acids is 1. The van der Waals surface area contributed by atoms with Crippen LogP contribution >= 0.6 is 0 Å². The molecule has 2 aromatic rings. The van der Waals surface area contributed by atoms with Gasteiger partial charge in [0.05, 0.1) is 36.1 Å². The molecule has 0 spiro atoms. The van der Waals surface area contributed by atoms with Crippen molar-refractivity contribution in [1.29, 1.82) is 0 Å². The quantitative estimate of drug-likeness (QED) is 0.940. The van der Waals surface area contributed by atoms with Gasteiger partial charge in [-0.1, -0.05) is 0 Å². The van der Waals surface area contributed by atoms with Crippen LogP contribution in [0.15, 0.2) is 24.7 Å². The van der Waals surface area contributed by atoms with Gasteiger partial charge in [-0.15, -0.1) is 0 Å². The summed E-state index contributed by atoms with van der Waals surface area (Å²) in [6.45, 7) is 7.44. The second-order valence-electron chi connectivity index (χ2n) is 6.00. The van der Waals surface area contributed by atoms with E-state index >= 15 is 0 Å². The molecule has 0 bridgehead atoms. The Labute approximate surface area is 135 Å². The summed E-state index contributed by atoms with van der Waals surface area (Å²) < 4.78 is 7.69. The van der Waals surface area contributed by atoms with E-state index in [0.717, 1.165) is 30.1 Å². The molecular formula is C17H22N4O2. The second-order valence-corrected chi connectivity index (χ2v) is 6.00. The Hall–Kier alpha value is -2.21. The molecule has 0 aliphatic carbocycles. The van der Waals surface area contributed by atoms with Crippen LogP contribution < -0.4 is 5.32 Å². The molecule has 1 unspecified atom stereocenters. The third kappa shape index (κ3) is 3.12. The van der Waals surface area contributed by atoms with E-state index in [9.17, 15) is 4.79 Å². The van der Waals surface area contributed by atoms with E-state index in [1.165, 1.54) is 0 Å². The molecule has 1 fully saturated rings. The van der Waals surface area contributed by atoms with Crippen molar-refractivity contribution < 1.29 is 9.53 Å². The average Bonchev–Trinajstić information content (AvgIpc) is 3.16. The van der Waals surface area contributed by atoms with Gasteiger partial charge in [-0.3, -0.25) is 14.8 Å². The van der Waals surface area contributed by atoms with Gasteiger partial charge in [0.15, 0.2) is 0 Å². The Morgan fingerprint density at radius 3 is 2.91 bits per heavy atom. The first-order chi connectivity index (χ1) is 11.1. The molecule has 1 aliphatic rings. The molecule has 0 saturated carbocycles. The number of hydrogen-bond donors (Lipinski definition) is 1. The first kappa shape index (κ1) is 15.7. The van der Waals surface area contributed by atoms with Crippen molar-refractivity contribution in [3.63, 3.8) is 0 Å². The fourth-order valence-electron chi connectivity index (χ4n) is 3.18. The van der Waals surface area contributed by atoms with E-state index in [2.05, 4.69) is 19.9 Å². The molecule has 2 aromatic heterocycles. The maximum atomic E-state index is 12.6. The minimum absolute atomic E-state index is 0.0820. The summed E-state index contributed by atoms with van der Waals surface area (Å²) in [6, 6.07) is 2.09. The highest BCUT2D eigenvalue weighted by molar-refractivity contribution is 5.95. The normalized spacial score (nSPS) is 18.8. The zero-order valence-corrected chi connectivity index (χ0v) is 13.7. The number of ether oxygens (including phenoxy) is 1. The maximum absolute atomic E-state index is 12.6. The predicted molar refractivity (Wildman–Crippen MR) is 86.3 cm³/mol. The number of nitrogens with one attached hydrogen (secondary N) is 1. The number of aromatic nitrogens is 3. The molecule has 6 heteroatoms. The number of amides is 1. The van der Waals surface area contributed by atoms with E-state index in [1.54, 1.807) is 18.6 Å². The Balaban J connectivity index is 1.79. The Morgan fingerprint density at radius 2 is 2.26 bits per heavy atom. The first-order valence-corrected chi connectivity index (χ1v) is 7.91. The number of rotatable bonds is 4. The van der Waals surface area contributed by atoms with Crippen molar-refractivity contribution >= 4 is 5.91 Å². The van der Waals surface area contributed by atoms with E-state index in [4.69, 9.17) is 4.74 Å². The van der Waals surface area contributed by atoms with Gasteiger partial charge in [-0.05, 0) is 33.3 Å². The summed E-state index contributed by atoms with van der Waals surface area (Å²) in [5.41, 5.74) is 3.54. The SMILES string of the molecule is Cc1cc(C(=O)N[C@@H](C)c2cnccn2)c(C)n1C1CCOC1. The lowest BCUT2D eigenvalue weighted by Crippen LogP contribution is -2.27. The molecule has 122 valence electrons. The van der Waals surface area contributed by atoms with Crippen molar-refractivity contribution in [1.82, 2.24) is 19.9 Å². The third-order valence-electron chi connectivity index (χ3n) is 4.37. The van der Waals surface area contributed by atoms with Gasteiger partial charge in [0.25, 0.3) is 5.91 Å². The van der Waals surface area contributed by atoms with E-state index < -0.39 is 0 Å². The minimum Gasteiger partial charge on any atom is -0.379 e. The lowest BCUT2D eigenvalue weighted by atomic mass is 10.2. The molecule has 0 aromatic carbocycles. The lowest BCUT2D eigenvalue weighted by Gasteiger charge is -2.16. The van der Waals surface area contributed by atoms with Crippen LogP contribution in [0.2, 0.25) is 0 Å². The van der Waals surface area contributed by atoms with Crippen molar-refractivity contribution in [3.05, 3.63) is 47.3 Å². The predicted octanol–water partition coefficient (Wildman–Crippen LogP) is 2.35. The van der Waals surface area contributed by atoms with Crippen LogP contribution in [-0.4, -0.2) is 33.7 Å². The highest BCUT2D eigenvalue weighted by Gasteiger charge is 2.24. The molecule has 1 amide bonds. The smallest absolute Gasteiger partial charge is 0.253 e. The van der Waals surface area contributed by atoms with Crippen LogP contribution in [0.3, 0.4) is 0 Å². The summed E-state index contributed by atoms with van der Waals surface area (Å²) in [5.74, 6) is -0.0820. The standard InChI is InChI=1S/C17H22N4O2/c1-11-8-15(13(3)21(11)14-4-7-23-10-14)17(22)20-12(2)16-9-18-5-6-19-16/h5-6,8-9,12,14H,4,7,10H2,1-3H3,(H,20,22)/t12-,14?/m0/s1. The Kier molecular flexibility index (Phi) is 4.43. The minimum atomic E-state index is -0.186. The second kappa shape index (κ2) is 6.50. The van der Waals surface area contributed by atoms with E-state index in [-0.39, 0.29) is 11.9 Å². The fourth-order valence-corrected chi connectivity index (χ4v) is 3.18. The van der Waals surface area contributed by atoms with Crippen LogP contribution in [0.1, 0.15) is 52.9 Å². The van der Waals surface area contributed by atoms with Gasteiger partial charge < -0.3 is 14.6 Å². The summed E-state index contributed by atoms with van der Waals surface area (Å²) in [6.07, 6.45) is 5.91. The van der Waals surface area contributed by atoms with E-state index in [0.29, 0.717) is 18.2 Å². The van der Waals surface area contributed by atoms with Crippen molar-refractivity contribution in [3.8, 4) is 0 Å². The molecule has 2 atom stereocenters. The fraction of sp³-hybridized carbons (Fsp3) is 0.471. The zero-order chi connectivity index (χ0) is 16.4. The van der Waals surface area contributed by atoms with Crippen molar-refractivity contribution in [2.75, 3.05) is 13.2 Å².